The number of benzene rings is 1. The second kappa shape index (κ2) is 10.7. The van der Waals surface area contributed by atoms with E-state index in [0.29, 0.717) is 39.0 Å². The number of alkyl carbamates (subject to hydrolysis) is 1. The van der Waals surface area contributed by atoms with E-state index in [9.17, 15) is 19.2 Å². The maximum Gasteiger partial charge on any atom is 0.408 e. The fourth-order valence-electron chi connectivity index (χ4n) is 4.07. The molecule has 2 aliphatic rings. The van der Waals surface area contributed by atoms with Crippen LogP contribution in [-0.4, -0.2) is 71.4 Å². The molecule has 3 rings (SSSR count). The Morgan fingerprint density at radius 1 is 1.09 bits per heavy atom. The number of nitrogens with one attached hydrogen (secondary N) is 2. The van der Waals surface area contributed by atoms with E-state index < -0.39 is 11.7 Å². The van der Waals surface area contributed by atoms with Gasteiger partial charge >= 0.3 is 6.09 Å². The minimum absolute atomic E-state index is 0.00286. The third-order valence-electron chi connectivity index (χ3n) is 5.78. The second-order valence-corrected chi connectivity index (χ2v) is 9.68. The van der Waals surface area contributed by atoms with Crippen LogP contribution >= 0.6 is 0 Å². The van der Waals surface area contributed by atoms with Gasteiger partial charge in [-0.2, -0.15) is 0 Å². The predicted octanol–water partition coefficient (Wildman–Crippen LogP) is 1.67. The highest BCUT2D eigenvalue weighted by Crippen LogP contribution is 2.21. The Bertz CT molecular complexity index is 859. The molecule has 0 bridgehead atoms. The first-order valence-electron chi connectivity index (χ1n) is 11.5. The summed E-state index contributed by atoms with van der Waals surface area (Å²) in [5.74, 6) is -0.630. The van der Waals surface area contributed by atoms with Crippen LogP contribution in [0.5, 0.6) is 0 Å². The summed E-state index contributed by atoms with van der Waals surface area (Å²) in [6, 6.07) is 9.72. The van der Waals surface area contributed by atoms with E-state index in [1.807, 2.05) is 30.3 Å². The molecular formula is C24H34N4O5. The lowest BCUT2D eigenvalue weighted by Crippen LogP contribution is -2.50. The third-order valence-corrected chi connectivity index (χ3v) is 5.78. The molecule has 2 fully saturated rings. The normalized spacial score (nSPS) is 19.4. The zero-order chi connectivity index (χ0) is 24.0. The fraction of sp³-hybridized carbons (Fsp3) is 0.583. The van der Waals surface area contributed by atoms with Crippen molar-refractivity contribution in [1.29, 1.82) is 0 Å². The summed E-state index contributed by atoms with van der Waals surface area (Å²) in [6.07, 6.45) is 0.883. The van der Waals surface area contributed by atoms with E-state index in [4.69, 9.17) is 4.74 Å². The van der Waals surface area contributed by atoms with Crippen molar-refractivity contribution in [2.24, 2.45) is 5.92 Å². The molecule has 33 heavy (non-hydrogen) atoms. The van der Waals surface area contributed by atoms with Crippen LogP contribution in [0.15, 0.2) is 30.3 Å². The molecule has 0 radical (unpaired) electrons. The van der Waals surface area contributed by atoms with Gasteiger partial charge in [-0.05, 0) is 39.2 Å². The van der Waals surface area contributed by atoms with Crippen molar-refractivity contribution in [2.45, 2.75) is 58.2 Å². The molecule has 2 aliphatic heterocycles. The van der Waals surface area contributed by atoms with Gasteiger partial charge in [0, 0.05) is 38.6 Å². The van der Waals surface area contributed by atoms with Crippen LogP contribution in [0.3, 0.4) is 0 Å². The summed E-state index contributed by atoms with van der Waals surface area (Å²) < 4.78 is 5.14. The molecular weight excluding hydrogens is 424 g/mol. The molecule has 2 saturated heterocycles. The predicted molar refractivity (Wildman–Crippen MR) is 122 cm³/mol. The quantitative estimate of drug-likeness (QED) is 0.674. The van der Waals surface area contributed by atoms with Crippen molar-refractivity contribution in [1.82, 2.24) is 20.4 Å². The van der Waals surface area contributed by atoms with Crippen LogP contribution < -0.4 is 10.6 Å². The Morgan fingerprint density at radius 3 is 2.39 bits per heavy atom. The number of carbonyl (C=O) groups excluding carboxylic acids is 4. The van der Waals surface area contributed by atoms with E-state index in [1.165, 1.54) is 0 Å². The minimum atomic E-state index is -0.620. The summed E-state index contributed by atoms with van der Waals surface area (Å²) in [5.41, 5.74) is 0.428. The van der Waals surface area contributed by atoms with Gasteiger partial charge in [0.05, 0.1) is 5.92 Å². The summed E-state index contributed by atoms with van der Waals surface area (Å²) in [7, 11) is 0. The molecule has 1 aromatic rings. The highest BCUT2D eigenvalue weighted by molar-refractivity contribution is 5.89. The number of hydrogen-bond donors (Lipinski definition) is 2. The molecule has 9 heteroatoms. The average Bonchev–Trinajstić information content (AvgIpc) is 3.12. The molecule has 2 N–H and O–H groups in total. The molecule has 1 unspecified atom stereocenters. The number of piperidine rings is 1. The molecule has 9 nitrogen and oxygen atoms in total. The van der Waals surface area contributed by atoms with Gasteiger partial charge in [0.25, 0.3) is 0 Å². The average molecular weight is 459 g/mol. The Labute approximate surface area is 194 Å². The first kappa shape index (κ1) is 24.5. The first-order chi connectivity index (χ1) is 15.6. The second-order valence-electron chi connectivity index (χ2n) is 9.68. The molecule has 2 heterocycles. The highest BCUT2D eigenvalue weighted by atomic mass is 16.6. The Hall–Kier alpha value is -3.10. The lowest BCUT2D eigenvalue weighted by molar-refractivity contribution is -0.132. The molecule has 1 aromatic carbocycles. The zero-order valence-corrected chi connectivity index (χ0v) is 19.6. The van der Waals surface area contributed by atoms with Gasteiger partial charge in [-0.15, -0.1) is 0 Å². The molecule has 0 aliphatic carbocycles. The van der Waals surface area contributed by atoms with Gasteiger partial charge < -0.3 is 25.2 Å². The van der Waals surface area contributed by atoms with Gasteiger partial charge in [-0.1, -0.05) is 30.3 Å². The van der Waals surface area contributed by atoms with Crippen LogP contribution in [-0.2, 0) is 25.7 Å². The van der Waals surface area contributed by atoms with Gasteiger partial charge in [-0.25, -0.2) is 4.79 Å². The van der Waals surface area contributed by atoms with E-state index in [2.05, 4.69) is 10.6 Å². The minimum Gasteiger partial charge on any atom is -0.444 e. The SMILES string of the molecule is CC(C)(C)OC(=O)NCC(=O)N1CCC(NC(=O)C2CC(=O)N(Cc3ccccc3)C2)CC1. The molecule has 1 atom stereocenters. The van der Waals surface area contributed by atoms with Crippen molar-refractivity contribution >= 4 is 23.8 Å². The van der Waals surface area contributed by atoms with Crippen molar-refractivity contribution in [3.63, 3.8) is 0 Å². The number of ether oxygens (including phenoxy) is 1. The monoisotopic (exact) mass is 458 g/mol. The summed E-state index contributed by atoms with van der Waals surface area (Å²) >= 11 is 0. The zero-order valence-electron chi connectivity index (χ0n) is 19.6. The fourth-order valence-corrected chi connectivity index (χ4v) is 4.07. The number of nitrogens with zero attached hydrogens (tertiary/aromatic N) is 2. The largest absolute Gasteiger partial charge is 0.444 e. The Morgan fingerprint density at radius 2 is 1.76 bits per heavy atom. The lowest BCUT2D eigenvalue weighted by atomic mass is 10.0. The maximum atomic E-state index is 12.7. The summed E-state index contributed by atoms with van der Waals surface area (Å²) in [5, 5.41) is 5.54. The number of likely N-dealkylation sites (tertiary alicyclic amines) is 2. The Kier molecular flexibility index (Phi) is 7.94. The van der Waals surface area contributed by atoms with Crippen LogP contribution in [0.1, 0.15) is 45.6 Å². The van der Waals surface area contributed by atoms with Crippen LogP contribution in [0.2, 0.25) is 0 Å². The van der Waals surface area contributed by atoms with Crippen LogP contribution in [0.25, 0.3) is 0 Å². The van der Waals surface area contributed by atoms with Gasteiger partial charge in [0.1, 0.15) is 12.1 Å². The van der Waals surface area contributed by atoms with Gasteiger partial charge in [0.2, 0.25) is 17.7 Å². The third kappa shape index (κ3) is 7.47. The smallest absolute Gasteiger partial charge is 0.408 e. The number of carbonyl (C=O) groups is 4. The van der Waals surface area contributed by atoms with Crippen LogP contribution in [0.4, 0.5) is 4.79 Å². The molecule has 0 saturated carbocycles. The summed E-state index contributed by atoms with van der Waals surface area (Å²) in [6.45, 7) is 7.11. The molecule has 0 spiro atoms. The van der Waals surface area contributed by atoms with Crippen molar-refractivity contribution in [3.8, 4) is 0 Å². The Balaban J connectivity index is 1.38. The molecule has 0 aromatic heterocycles. The topological polar surface area (TPSA) is 108 Å². The highest BCUT2D eigenvalue weighted by Gasteiger charge is 2.35. The first-order valence-corrected chi connectivity index (χ1v) is 11.5. The van der Waals surface area contributed by atoms with E-state index in [-0.39, 0.29) is 42.6 Å². The maximum absolute atomic E-state index is 12.7. The number of amides is 4. The number of rotatable bonds is 6. The van der Waals surface area contributed by atoms with Crippen molar-refractivity contribution < 1.29 is 23.9 Å². The van der Waals surface area contributed by atoms with Gasteiger partial charge in [-0.3, -0.25) is 14.4 Å². The molecule has 4 amide bonds. The number of hydrogen-bond acceptors (Lipinski definition) is 5. The van der Waals surface area contributed by atoms with E-state index in [0.717, 1.165) is 5.56 Å². The van der Waals surface area contributed by atoms with Gasteiger partial charge in [0.15, 0.2) is 0 Å². The summed E-state index contributed by atoms with van der Waals surface area (Å²) in [4.78, 5) is 52.6. The molecule has 180 valence electrons. The van der Waals surface area contributed by atoms with Crippen LogP contribution in [0, 0.1) is 5.92 Å². The van der Waals surface area contributed by atoms with Crippen molar-refractivity contribution in [3.05, 3.63) is 35.9 Å². The van der Waals surface area contributed by atoms with E-state index in [1.54, 1.807) is 30.6 Å². The van der Waals surface area contributed by atoms with E-state index >= 15 is 0 Å². The standard InChI is InChI=1S/C24H34N4O5/c1-24(2,3)33-23(32)25-14-21(30)27-11-9-19(10-12-27)26-22(31)18-13-20(29)28(16-18)15-17-7-5-4-6-8-17/h4-8,18-19H,9-16H2,1-3H3,(H,25,32)(H,26,31). The lowest BCUT2D eigenvalue weighted by Gasteiger charge is -2.33. The van der Waals surface area contributed by atoms with Crippen molar-refractivity contribution in [2.75, 3.05) is 26.2 Å².